The van der Waals surface area contributed by atoms with Crippen molar-refractivity contribution in [3.63, 3.8) is 0 Å². The highest BCUT2D eigenvalue weighted by Gasteiger charge is 2.26. The molecule has 3 rings (SSSR count). The fourth-order valence-corrected chi connectivity index (χ4v) is 3.17. The Morgan fingerprint density at radius 3 is 2.29 bits per heavy atom. The van der Waals surface area contributed by atoms with Gasteiger partial charge in [0, 0.05) is 24.7 Å². The van der Waals surface area contributed by atoms with Gasteiger partial charge in [-0.25, -0.2) is 0 Å². The maximum atomic E-state index is 12.6. The van der Waals surface area contributed by atoms with Crippen LogP contribution in [-0.2, 0) is 4.79 Å². The SMILES string of the molecule is Cc1ccc(N2CCC(C(=O)Nc3c(C)cccc3C)CC2)nn1. The number of carbonyl (C=O) groups excluding carboxylic acids is 1. The molecule has 24 heavy (non-hydrogen) atoms. The third-order valence-electron chi connectivity index (χ3n) is 4.70. The largest absolute Gasteiger partial charge is 0.355 e. The Labute approximate surface area is 143 Å². The molecule has 0 bridgehead atoms. The highest BCUT2D eigenvalue weighted by atomic mass is 16.1. The summed E-state index contributed by atoms with van der Waals surface area (Å²) < 4.78 is 0. The molecule has 0 saturated carbocycles. The second kappa shape index (κ2) is 6.99. The summed E-state index contributed by atoms with van der Waals surface area (Å²) in [6, 6.07) is 10.0. The first-order valence-electron chi connectivity index (χ1n) is 8.47. The molecule has 0 unspecified atom stereocenters. The van der Waals surface area contributed by atoms with Crippen LogP contribution in [0, 0.1) is 26.7 Å². The number of carbonyl (C=O) groups is 1. The van der Waals surface area contributed by atoms with Crippen molar-refractivity contribution in [1.82, 2.24) is 10.2 Å². The Bertz CT molecular complexity index is 698. The molecular weight excluding hydrogens is 300 g/mol. The van der Waals surface area contributed by atoms with Gasteiger partial charge >= 0.3 is 0 Å². The van der Waals surface area contributed by atoms with Gasteiger partial charge in [-0.1, -0.05) is 18.2 Å². The molecule has 1 N–H and O–H groups in total. The van der Waals surface area contributed by atoms with E-state index in [2.05, 4.69) is 20.4 Å². The van der Waals surface area contributed by atoms with E-state index in [1.807, 2.05) is 51.1 Å². The molecule has 0 aliphatic carbocycles. The third-order valence-corrected chi connectivity index (χ3v) is 4.70. The summed E-state index contributed by atoms with van der Waals surface area (Å²) in [5.41, 5.74) is 4.09. The number of rotatable bonds is 3. The average Bonchev–Trinajstić information content (AvgIpc) is 2.59. The molecule has 1 amide bonds. The van der Waals surface area contributed by atoms with Crippen molar-refractivity contribution in [2.24, 2.45) is 5.92 Å². The molecule has 126 valence electrons. The van der Waals surface area contributed by atoms with Crippen LogP contribution < -0.4 is 10.2 Å². The Kier molecular flexibility index (Phi) is 4.79. The van der Waals surface area contributed by atoms with Crippen molar-refractivity contribution in [2.45, 2.75) is 33.6 Å². The van der Waals surface area contributed by atoms with Crippen LogP contribution in [0.5, 0.6) is 0 Å². The zero-order valence-electron chi connectivity index (χ0n) is 14.5. The van der Waals surface area contributed by atoms with Crippen molar-refractivity contribution in [3.8, 4) is 0 Å². The third kappa shape index (κ3) is 3.55. The van der Waals surface area contributed by atoms with Gasteiger partial charge in [-0.2, -0.15) is 5.10 Å². The van der Waals surface area contributed by atoms with Crippen LogP contribution in [0.4, 0.5) is 11.5 Å². The molecular formula is C19H24N4O. The normalized spacial score (nSPS) is 15.4. The molecule has 1 aliphatic heterocycles. The Hall–Kier alpha value is -2.43. The minimum atomic E-state index is 0.0543. The number of aryl methyl sites for hydroxylation is 3. The second-order valence-electron chi connectivity index (χ2n) is 6.55. The Morgan fingerprint density at radius 1 is 1.04 bits per heavy atom. The van der Waals surface area contributed by atoms with Crippen LogP contribution in [0.25, 0.3) is 0 Å². The van der Waals surface area contributed by atoms with Gasteiger partial charge in [0.2, 0.25) is 5.91 Å². The van der Waals surface area contributed by atoms with Crippen LogP contribution >= 0.6 is 0 Å². The van der Waals surface area contributed by atoms with Crippen LogP contribution in [0.1, 0.15) is 29.7 Å². The van der Waals surface area contributed by atoms with Gasteiger partial charge in [0.15, 0.2) is 5.82 Å². The molecule has 1 aliphatic rings. The molecule has 5 heteroatoms. The fourth-order valence-electron chi connectivity index (χ4n) is 3.17. The van der Waals surface area contributed by atoms with Crippen LogP contribution in [0.3, 0.4) is 0 Å². The van der Waals surface area contributed by atoms with Crippen molar-refractivity contribution < 1.29 is 4.79 Å². The van der Waals surface area contributed by atoms with E-state index in [1.54, 1.807) is 0 Å². The predicted molar refractivity (Wildman–Crippen MR) is 96.3 cm³/mol. The van der Waals surface area contributed by atoms with Crippen molar-refractivity contribution >= 4 is 17.4 Å². The Morgan fingerprint density at radius 2 is 1.71 bits per heavy atom. The molecule has 1 aromatic carbocycles. The van der Waals surface area contributed by atoms with Crippen LogP contribution in [-0.4, -0.2) is 29.2 Å². The first-order valence-corrected chi connectivity index (χ1v) is 8.47. The fraction of sp³-hybridized carbons (Fsp3) is 0.421. The van der Waals surface area contributed by atoms with E-state index in [-0.39, 0.29) is 11.8 Å². The van der Waals surface area contributed by atoms with Gasteiger partial charge in [-0.3, -0.25) is 4.79 Å². The molecule has 2 heterocycles. The number of hydrogen-bond acceptors (Lipinski definition) is 4. The van der Waals surface area contributed by atoms with E-state index in [1.165, 1.54) is 0 Å². The number of hydrogen-bond donors (Lipinski definition) is 1. The van der Waals surface area contributed by atoms with Crippen molar-refractivity contribution in [2.75, 3.05) is 23.3 Å². The van der Waals surface area contributed by atoms with Gasteiger partial charge in [-0.15, -0.1) is 5.10 Å². The monoisotopic (exact) mass is 324 g/mol. The van der Waals surface area contributed by atoms with Crippen molar-refractivity contribution in [3.05, 3.63) is 47.2 Å². The summed E-state index contributed by atoms with van der Waals surface area (Å²) in [6.45, 7) is 7.66. The molecule has 0 spiro atoms. The van der Waals surface area contributed by atoms with Gasteiger partial charge in [0.1, 0.15) is 0 Å². The maximum absolute atomic E-state index is 12.6. The summed E-state index contributed by atoms with van der Waals surface area (Å²) in [4.78, 5) is 14.8. The standard InChI is InChI=1S/C19H24N4O/c1-13-5-4-6-14(2)18(13)20-19(24)16-9-11-23(12-10-16)17-8-7-15(3)21-22-17/h4-8,16H,9-12H2,1-3H3,(H,20,24). The minimum Gasteiger partial charge on any atom is -0.355 e. The number of aromatic nitrogens is 2. The molecule has 1 saturated heterocycles. The van der Waals surface area contributed by atoms with E-state index >= 15 is 0 Å². The lowest BCUT2D eigenvalue weighted by atomic mass is 9.95. The first-order chi connectivity index (χ1) is 11.5. The lowest BCUT2D eigenvalue weighted by Gasteiger charge is -2.32. The molecule has 0 atom stereocenters. The minimum absolute atomic E-state index is 0.0543. The van der Waals surface area contributed by atoms with Gasteiger partial charge < -0.3 is 10.2 Å². The topological polar surface area (TPSA) is 58.1 Å². The number of nitrogens with one attached hydrogen (secondary N) is 1. The lowest BCUT2D eigenvalue weighted by Crippen LogP contribution is -2.38. The molecule has 1 fully saturated rings. The lowest BCUT2D eigenvalue weighted by molar-refractivity contribution is -0.120. The summed E-state index contributed by atoms with van der Waals surface area (Å²) in [6.07, 6.45) is 1.68. The van der Waals surface area contributed by atoms with Crippen LogP contribution in [0.15, 0.2) is 30.3 Å². The summed E-state index contributed by atoms with van der Waals surface area (Å²) in [7, 11) is 0. The molecule has 1 aromatic heterocycles. The first kappa shape index (κ1) is 16.4. The highest BCUT2D eigenvalue weighted by molar-refractivity contribution is 5.94. The van der Waals surface area contributed by atoms with Gasteiger partial charge in [-0.05, 0) is 56.9 Å². The van der Waals surface area contributed by atoms with Crippen LogP contribution in [0.2, 0.25) is 0 Å². The number of amides is 1. The number of nitrogens with zero attached hydrogens (tertiary/aromatic N) is 3. The van der Waals surface area contributed by atoms with Crippen molar-refractivity contribution in [1.29, 1.82) is 0 Å². The zero-order chi connectivity index (χ0) is 17.1. The van der Waals surface area contributed by atoms with E-state index in [0.717, 1.165) is 54.3 Å². The number of benzene rings is 1. The molecule has 5 nitrogen and oxygen atoms in total. The van der Waals surface area contributed by atoms with Gasteiger partial charge in [0.05, 0.1) is 5.69 Å². The Balaban J connectivity index is 1.60. The average molecular weight is 324 g/mol. The molecule has 2 aromatic rings. The highest BCUT2D eigenvalue weighted by Crippen LogP contribution is 2.25. The number of piperidine rings is 1. The smallest absolute Gasteiger partial charge is 0.227 e. The number of para-hydroxylation sites is 1. The van der Waals surface area contributed by atoms with E-state index in [9.17, 15) is 4.79 Å². The van der Waals surface area contributed by atoms with E-state index < -0.39 is 0 Å². The van der Waals surface area contributed by atoms with Gasteiger partial charge in [0.25, 0.3) is 0 Å². The van der Waals surface area contributed by atoms with E-state index in [4.69, 9.17) is 0 Å². The summed E-state index contributed by atoms with van der Waals surface area (Å²) in [5.74, 6) is 1.08. The summed E-state index contributed by atoms with van der Waals surface area (Å²) >= 11 is 0. The van der Waals surface area contributed by atoms with E-state index in [0.29, 0.717) is 0 Å². The second-order valence-corrected chi connectivity index (χ2v) is 6.55. The summed E-state index contributed by atoms with van der Waals surface area (Å²) in [5, 5.41) is 11.5. The molecule has 0 radical (unpaired) electrons. The zero-order valence-corrected chi connectivity index (χ0v) is 14.5. The maximum Gasteiger partial charge on any atom is 0.227 e. The quantitative estimate of drug-likeness (QED) is 0.941. The predicted octanol–water partition coefficient (Wildman–Crippen LogP) is 3.26. The number of anilines is 2.